The molecule has 1 aromatic carbocycles. The number of thiol groups is 1. The van der Waals surface area contributed by atoms with Crippen molar-refractivity contribution in [3.63, 3.8) is 0 Å². The number of hydrogen-bond donors (Lipinski definition) is 10. The minimum Gasteiger partial charge on any atom is -0.508 e. The molecule has 4 atom stereocenters. The molecule has 0 saturated heterocycles. The van der Waals surface area contributed by atoms with Crippen LogP contribution in [-0.4, -0.2) is 82.2 Å². The van der Waals surface area contributed by atoms with Crippen LogP contribution in [0.2, 0.25) is 0 Å². The Kier molecular flexibility index (Phi) is 14.1. The fraction of sp³-hybridized carbons (Fsp3) is 0.478. The molecule has 0 aliphatic heterocycles. The van der Waals surface area contributed by atoms with Gasteiger partial charge in [0, 0.05) is 18.7 Å². The Labute approximate surface area is 230 Å². The molecule has 0 saturated carbocycles. The third kappa shape index (κ3) is 12.8. The fourth-order valence-corrected chi connectivity index (χ4v) is 3.56. The summed E-state index contributed by atoms with van der Waals surface area (Å²) in [6.45, 7) is 0.148. The van der Waals surface area contributed by atoms with Crippen molar-refractivity contribution in [1.29, 1.82) is 0 Å². The molecule has 0 radical (unpaired) electrons. The number of carboxylic acids is 1. The van der Waals surface area contributed by atoms with Crippen LogP contribution < -0.4 is 38.9 Å². The number of rotatable bonds is 17. The molecule has 0 heterocycles. The van der Waals surface area contributed by atoms with E-state index >= 15 is 0 Å². The van der Waals surface area contributed by atoms with Crippen molar-refractivity contribution in [2.24, 2.45) is 27.9 Å². The molecule has 0 spiro atoms. The highest BCUT2D eigenvalue weighted by molar-refractivity contribution is 7.80. The van der Waals surface area contributed by atoms with Crippen molar-refractivity contribution in [2.45, 2.75) is 56.3 Å². The second-order valence-electron chi connectivity index (χ2n) is 8.64. The SMILES string of the molecule is NC(=O)CCC(NC(=O)C(CCCN=C(N)N)NC(=O)C(N)Cc1ccc(O)cc1)C(=O)NC(CS)C(=O)O. The molecule has 4 amide bonds. The Bertz CT molecular complexity index is 1030. The van der Waals surface area contributed by atoms with Crippen LogP contribution in [0.3, 0.4) is 0 Å². The van der Waals surface area contributed by atoms with E-state index in [1.54, 1.807) is 12.1 Å². The summed E-state index contributed by atoms with van der Waals surface area (Å²) in [7, 11) is 0. The number of nitrogens with two attached hydrogens (primary N) is 4. The van der Waals surface area contributed by atoms with Gasteiger partial charge in [0.15, 0.2) is 5.96 Å². The van der Waals surface area contributed by atoms with Gasteiger partial charge in [0.1, 0.15) is 23.9 Å². The predicted octanol–water partition coefficient (Wildman–Crippen LogP) is -2.95. The van der Waals surface area contributed by atoms with Gasteiger partial charge in [-0.3, -0.25) is 24.2 Å². The number of nitrogens with zero attached hydrogens (tertiary/aromatic N) is 1. The highest BCUT2D eigenvalue weighted by Gasteiger charge is 2.30. The smallest absolute Gasteiger partial charge is 0.327 e. The van der Waals surface area contributed by atoms with Crippen molar-refractivity contribution in [3.05, 3.63) is 29.8 Å². The number of aromatic hydroxyl groups is 1. The lowest BCUT2D eigenvalue weighted by Gasteiger charge is -2.25. The summed E-state index contributed by atoms with van der Waals surface area (Å²) in [6, 6.07) is 1.17. The van der Waals surface area contributed by atoms with E-state index in [9.17, 15) is 34.2 Å². The van der Waals surface area contributed by atoms with Crippen LogP contribution in [0.25, 0.3) is 0 Å². The lowest BCUT2D eigenvalue weighted by atomic mass is 10.0. The summed E-state index contributed by atoms with van der Waals surface area (Å²) in [5.41, 5.74) is 22.5. The van der Waals surface area contributed by atoms with Crippen molar-refractivity contribution in [3.8, 4) is 5.75 Å². The molecule has 39 heavy (non-hydrogen) atoms. The number of primary amides is 1. The van der Waals surface area contributed by atoms with Crippen LogP contribution in [0.5, 0.6) is 5.75 Å². The third-order valence-electron chi connectivity index (χ3n) is 5.42. The zero-order valence-corrected chi connectivity index (χ0v) is 22.1. The van der Waals surface area contributed by atoms with Crippen LogP contribution in [0.1, 0.15) is 31.2 Å². The summed E-state index contributed by atoms with van der Waals surface area (Å²) in [5.74, 6) is -4.74. The number of aliphatic imine (C=N–C) groups is 1. The number of phenolic OH excluding ortho intramolecular Hbond substituents is 1. The minimum absolute atomic E-state index is 0.0493. The van der Waals surface area contributed by atoms with E-state index in [-0.39, 0.29) is 56.1 Å². The molecule has 0 fully saturated rings. The zero-order chi connectivity index (χ0) is 29.5. The van der Waals surface area contributed by atoms with Crippen LogP contribution in [0, 0.1) is 0 Å². The largest absolute Gasteiger partial charge is 0.508 e. The third-order valence-corrected chi connectivity index (χ3v) is 5.78. The van der Waals surface area contributed by atoms with Crippen molar-refractivity contribution >= 4 is 48.2 Å². The highest BCUT2D eigenvalue weighted by atomic mass is 32.1. The molecule has 13 N–H and O–H groups in total. The topological polar surface area (TPSA) is 278 Å². The van der Waals surface area contributed by atoms with Crippen LogP contribution in [0.4, 0.5) is 0 Å². The summed E-state index contributed by atoms with van der Waals surface area (Å²) in [6.07, 6.45) is -0.0730. The van der Waals surface area contributed by atoms with E-state index < -0.39 is 53.8 Å². The molecule has 0 aromatic heterocycles. The minimum atomic E-state index is -1.35. The number of benzene rings is 1. The summed E-state index contributed by atoms with van der Waals surface area (Å²) >= 11 is 3.89. The zero-order valence-electron chi connectivity index (χ0n) is 21.2. The Hall–Kier alpha value is -4.05. The molecule has 16 heteroatoms. The molecule has 0 aliphatic carbocycles. The summed E-state index contributed by atoms with van der Waals surface area (Å²) < 4.78 is 0. The van der Waals surface area contributed by atoms with E-state index in [1.165, 1.54) is 12.1 Å². The van der Waals surface area contributed by atoms with Gasteiger partial charge in [0.25, 0.3) is 0 Å². The maximum atomic E-state index is 13.2. The highest BCUT2D eigenvalue weighted by Crippen LogP contribution is 2.11. The van der Waals surface area contributed by atoms with E-state index in [0.29, 0.717) is 5.56 Å². The van der Waals surface area contributed by atoms with Gasteiger partial charge in [-0.2, -0.15) is 12.6 Å². The standard InChI is InChI=1S/C23H36N8O7S/c24-14(10-12-3-5-13(32)6-4-12)19(34)29-15(2-1-9-28-23(26)27)20(35)30-16(7-8-18(25)33)21(36)31-17(11-39)22(37)38/h3-6,14-17,32,39H,1-2,7-11,24H2,(H2,25,33)(H,29,34)(H,30,35)(H,31,36)(H,37,38)(H4,26,27,28). The lowest BCUT2D eigenvalue weighted by molar-refractivity contribution is -0.141. The number of carboxylic acid groups (broad SMARTS) is 1. The lowest BCUT2D eigenvalue weighted by Crippen LogP contribution is -2.57. The first kappa shape index (κ1) is 33.0. The Morgan fingerprint density at radius 1 is 0.872 bits per heavy atom. The molecule has 216 valence electrons. The number of carbonyl (C=O) groups is 5. The van der Waals surface area contributed by atoms with Crippen LogP contribution >= 0.6 is 12.6 Å². The van der Waals surface area contributed by atoms with E-state index in [2.05, 4.69) is 33.6 Å². The first-order chi connectivity index (χ1) is 18.3. The second-order valence-corrected chi connectivity index (χ2v) is 9.00. The maximum absolute atomic E-state index is 13.2. The normalized spacial score (nSPS) is 13.7. The van der Waals surface area contributed by atoms with Gasteiger partial charge in [-0.25, -0.2) is 4.79 Å². The van der Waals surface area contributed by atoms with Gasteiger partial charge >= 0.3 is 5.97 Å². The van der Waals surface area contributed by atoms with Gasteiger partial charge in [0.2, 0.25) is 23.6 Å². The van der Waals surface area contributed by atoms with Crippen molar-refractivity contribution in [2.75, 3.05) is 12.3 Å². The number of nitrogens with one attached hydrogen (secondary N) is 3. The maximum Gasteiger partial charge on any atom is 0.327 e. The fourth-order valence-electron chi connectivity index (χ4n) is 3.32. The van der Waals surface area contributed by atoms with E-state index in [0.717, 1.165) is 0 Å². The van der Waals surface area contributed by atoms with Gasteiger partial charge in [-0.1, -0.05) is 12.1 Å². The predicted molar refractivity (Wildman–Crippen MR) is 145 cm³/mol. The van der Waals surface area contributed by atoms with Crippen LogP contribution in [-0.2, 0) is 30.4 Å². The number of guanidine groups is 1. The molecule has 0 bridgehead atoms. The molecule has 0 aliphatic rings. The van der Waals surface area contributed by atoms with Gasteiger partial charge in [-0.05, 0) is 43.4 Å². The number of carbonyl (C=O) groups excluding carboxylic acids is 4. The Morgan fingerprint density at radius 2 is 1.41 bits per heavy atom. The Balaban J connectivity index is 3.03. The number of hydrogen-bond acceptors (Lipinski definition) is 9. The molecular formula is C23H36N8O7S. The molecule has 1 rings (SSSR count). The van der Waals surface area contributed by atoms with Gasteiger partial charge in [0.05, 0.1) is 6.04 Å². The summed E-state index contributed by atoms with van der Waals surface area (Å²) in [4.78, 5) is 65.1. The number of aliphatic carboxylic acids is 1. The monoisotopic (exact) mass is 568 g/mol. The number of phenols is 1. The average molecular weight is 569 g/mol. The number of amides is 4. The first-order valence-electron chi connectivity index (χ1n) is 12.0. The van der Waals surface area contributed by atoms with Gasteiger partial charge < -0.3 is 49.1 Å². The second kappa shape index (κ2) is 16.7. The van der Waals surface area contributed by atoms with E-state index in [4.69, 9.17) is 22.9 Å². The summed E-state index contributed by atoms with van der Waals surface area (Å²) in [5, 5.41) is 25.8. The molecule has 15 nitrogen and oxygen atoms in total. The molecular weight excluding hydrogens is 532 g/mol. The molecule has 1 aromatic rings. The molecule has 4 unspecified atom stereocenters. The van der Waals surface area contributed by atoms with Gasteiger partial charge in [-0.15, -0.1) is 0 Å². The first-order valence-corrected chi connectivity index (χ1v) is 12.6. The van der Waals surface area contributed by atoms with Crippen molar-refractivity contribution < 1.29 is 34.2 Å². The quantitative estimate of drug-likeness (QED) is 0.0394. The Morgan fingerprint density at radius 3 is 1.92 bits per heavy atom. The average Bonchev–Trinajstić information content (AvgIpc) is 2.87. The van der Waals surface area contributed by atoms with Crippen LogP contribution in [0.15, 0.2) is 29.3 Å². The van der Waals surface area contributed by atoms with Crippen molar-refractivity contribution in [1.82, 2.24) is 16.0 Å². The van der Waals surface area contributed by atoms with E-state index in [1.807, 2.05) is 0 Å².